The van der Waals surface area contributed by atoms with E-state index in [0.717, 1.165) is 26.2 Å². The Hall–Kier alpha value is -2.39. The average Bonchev–Trinajstić information content (AvgIpc) is 2.70. The van der Waals surface area contributed by atoms with Gasteiger partial charge in [-0.2, -0.15) is 0 Å². The molecule has 0 aliphatic rings. The smallest absolute Gasteiger partial charge is 0.244 e. The number of nitrogens with one attached hydrogen (secondary N) is 1. The van der Waals surface area contributed by atoms with Crippen LogP contribution in [0.2, 0.25) is 0 Å². The van der Waals surface area contributed by atoms with E-state index < -0.39 is 28.5 Å². The van der Waals surface area contributed by atoms with Gasteiger partial charge < -0.3 is 10.2 Å². The Morgan fingerprint density at radius 3 is 2.16 bits per heavy atom. The molecule has 32 heavy (non-hydrogen) atoms. The van der Waals surface area contributed by atoms with Crippen LogP contribution in [0, 0.1) is 6.92 Å². The van der Waals surface area contributed by atoms with Crippen LogP contribution in [0.5, 0.6) is 0 Å². The topological polar surface area (TPSA) is 86.8 Å². The van der Waals surface area contributed by atoms with Crippen LogP contribution in [0.15, 0.2) is 53.0 Å². The minimum absolute atomic E-state index is 0.0888. The van der Waals surface area contributed by atoms with Gasteiger partial charge in [0.05, 0.1) is 11.9 Å². The fourth-order valence-electron chi connectivity index (χ4n) is 3.21. The number of amides is 2. The monoisotopic (exact) mass is 523 g/mol. The molecule has 2 aromatic rings. The van der Waals surface area contributed by atoms with Gasteiger partial charge in [0.2, 0.25) is 21.8 Å². The van der Waals surface area contributed by atoms with Gasteiger partial charge in [0.25, 0.3) is 0 Å². The van der Waals surface area contributed by atoms with Crippen molar-refractivity contribution in [2.75, 3.05) is 17.1 Å². The van der Waals surface area contributed by atoms with Crippen molar-refractivity contribution in [3.05, 3.63) is 64.1 Å². The van der Waals surface area contributed by atoms with Crippen LogP contribution in [0.1, 0.15) is 31.9 Å². The van der Waals surface area contributed by atoms with Gasteiger partial charge in [0.15, 0.2) is 0 Å². The third-order valence-electron chi connectivity index (χ3n) is 4.93. The van der Waals surface area contributed by atoms with Crippen molar-refractivity contribution in [3.63, 3.8) is 0 Å². The first kappa shape index (κ1) is 25.9. The Morgan fingerprint density at radius 2 is 1.62 bits per heavy atom. The molecule has 0 bridgehead atoms. The second kappa shape index (κ2) is 11.0. The number of carbonyl (C=O) groups is 2. The fourth-order valence-corrected chi connectivity index (χ4v) is 4.38. The highest BCUT2D eigenvalue weighted by atomic mass is 79.9. The SMILES string of the molecule is Cc1ccccc1N(CC(=O)N(Cc1ccc(Br)cc1)[C@@H](C)C(=O)NC(C)C)S(C)(=O)=O. The van der Waals surface area contributed by atoms with E-state index in [9.17, 15) is 18.0 Å². The first-order valence-corrected chi connectivity index (χ1v) is 12.9. The number of para-hydroxylation sites is 1. The van der Waals surface area contributed by atoms with Gasteiger partial charge >= 0.3 is 0 Å². The minimum Gasteiger partial charge on any atom is -0.352 e. The van der Waals surface area contributed by atoms with Crippen LogP contribution in [0.4, 0.5) is 5.69 Å². The van der Waals surface area contributed by atoms with Gasteiger partial charge in [-0.15, -0.1) is 0 Å². The lowest BCUT2D eigenvalue weighted by Crippen LogP contribution is -2.52. The molecule has 0 aliphatic carbocycles. The number of benzene rings is 2. The number of hydrogen-bond donors (Lipinski definition) is 1. The summed E-state index contributed by atoms with van der Waals surface area (Å²) in [4.78, 5) is 27.5. The molecule has 2 rings (SSSR count). The molecule has 174 valence electrons. The third kappa shape index (κ3) is 7.06. The normalized spacial score (nSPS) is 12.3. The summed E-state index contributed by atoms with van der Waals surface area (Å²) in [6.45, 7) is 6.89. The zero-order valence-electron chi connectivity index (χ0n) is 19.0. The molecule has 0 unspecified atom stereocenters. The van der Waals surface area contributed by atoms with Crippen LogP contribution < -0.4 is 9.62 Å². The maximum atomic E-state index is 13.4. The lowest BCUT2D eigenvalue weighted by molar-refractivity contribution is -0.139. The highest BCUT2D eigenvalue weighted by Crippen LogP contribution is 2.23. The van der Waals surface area contributed by atoms with Crippen molar-refractivity contribution in [1.29, 1.82) is 0 Å². The van der Waals surface area contributed by atoms with E-state index in [2.05, 4.69) is 21.2 Å². The number of hydrogen-bond acceptors (Lipinski definition) is 4. The molecule has 2 aromatic carbocycles. The van der Waals surface area contributed by atoms with Crippen molar-refractivity contribution in [3.8, 4) is 0 Å². The van der Waals surface area contributed by atoms with E-state index in [-0.39, 0.29) is 18.5 Å². The fraction of sp³-hybridized carbons (Fsp3) is 0.391. The molecule has 0 spiro atoms. The highest BCUT2D eigenvalue weighted by Gasteiger charge is 2.30. The number of nitrogens with zero attached hydrogens (tertiary/aromatic N) is 2. The summed E-state index contributed by atoms with van der Waals surface area (Å²) in [6, 6.07) is 13.5. The van der Waals surface area contributed by atoms with E-state index in [1.54, 1.807) is 38.1 Å². The minimum atomic E-state index is -3.73. The number of carbonyl (C=O) groups excluding carboxylic acids is 2. The Kier molecular flexibility index (Phi) is 8.86. The lowest BCUT2D eigenvalue weighted by Gasteiger charge is -2.32. The Morgan fingerprint density at radius 1 is 1.03 bits per heavy atom. The van der Waals surface area contributed by atoms with Crippen LogP contribution in [0.3, 0.4) is 0 Å². The van der Waals surface area contributed by atoms with Crippen LogP contribution >= 0.6 is 15.9 Å². The van der Waals surface area contributed by atoms with Crippen LogP contribution in [0.25, 0.3) is 0 Å². The number of anilines is 1. The van der Waals surface area contributed by atoms with Crippen molar-refractivity contribution < 1.29 is 18.0 Å². The molecule has 9 heteroatoms. The standard InChI is InChI=1S/C23H30BrN3O4S/c1-16(2)25-23(29)18(4)26(14-19-10-12-20(24)13-11-19)22(28)15-27(32(5,30)31)21-9-7-6-8-17(21)3/h6-13,16,18H,14-15H2,1-5H3,(H,25,29)/t18-/m0/s1. The Labute approximate surface area is 199 Å². The second-order valence-corrected chi connectivity index (χ2v) is 10.9. The third-order valence-corrected chi connectivity index (χ3v) is 6.58. The molecule has 7 nitrogen and oxygen atoms in total. The van der Waals surface area contributed by atoms with E-state index in [1.165, 1.54) is 4.90 Å². The molecule has 0 saturated carbocycles. The largest absolute Gasteiger partial charge is 0.352 e. The number of sulfonamides is 1. The molecule has 0 radical (unpaired) electrons. The van der Waals surface area contributed by atoms with Gasteiger partial charge in [0, 0.05) is 17.1 Å². The predicted octanol–water partition coefficient (Wildman–Crippen LogP) is 3.47. The Balaban J connectivity index is 2.39. The first-order chi connectivity index (χ1) is 14.9. The summed E-state index contributed by atoms with van der Waals surface area (Å²) in [5.74, 6) is -0.764. The summed E-state index contributed by atoms with van der Waals surface area (Å²) in [6.07, 6.45) is 1.07. The van der Waals surface area contributed by atoms with E-state index >= 15 is 0 Å². The molecule has 1 N–H and O–H groups in total. The average molecular weight is 524 g/mol. The lowest BCUT2D eigenvalue weighted by atomic mass is 10.1. The molecule has 0 heterocycles. The summed E-state index contributed by atoms with van der Waals surface area (Å²) in [7, 11) is -3.73. The van der Waals surface area contributed by atoms with Crippen molar-refractivity contribution >= 4 is 43.5 Å². The molecular weight excluding hydrogens is 494 g/mol. The van der Waals surface area contributed by atoms with Gasteiger partial charge in [-0.05, 0) is 57.0 Å². The Bertz CT molecular complexity index is 1060. The summed E-state index contributed by atoms with van der Waals surface area (Å²) in [5, 5.41) is 2.82. The summed E-state index contributed by atoms with van der Waals surface area (Å²) < 4.78 is 27.1. The number of halogens is 1. The second-order valence-electron chi connectivity index (χ2n) is 8.04. The van der Waals surface area contributed by atoms with Crippen LogP contribution in [-0.4, -0.2) is 50.0 Å². The van der Waals surface area contributed by atoms with Crippen LogP contribution in [-0.2, 0) is 26.2 Å². The van der Waals surface area contributed by atoms with Crippen molar-refractivity contribution in [2.45, 2.75) is 46.3 Å². The van der Waals surface area contributed by atoms with Gasteiger partial charge in [-0.3, -0.25) is 13.9 Å². The predicted molar refractivity (Wildman–Crippen MR) is 131 cm³/mol. The number of aryl methyl sites for hydroxylation is 1. The maximum Gasteiger partial charge on any atom is 0.244 e. The molecule has 0 aliphatic heterocycles. The van der Waals surface area contributed by atoms with Crippen molar-refractivity contribution in [1.82, 2.24) is 10.2 Å². The van der Waals surface area contributed by atoms with Gasteiger partial charge in [0.1, 0.15) is 12.6 Å². The molecule has 0 saturated heterocycles. The number of rotatable bonds is 9. The molecular formula is C23H30BrN3O4S. The molecule has 0 aromatic heterocycles. The molecule has 2 amide bonds. The van der Waals surface area contributed by atoms with Crippen molar-refractivity contribution in [2.24, 2.45) is 0 Å². The zero-order chi connectivity index (χ0) is 24.1. The van der Waals surface area contributed by atoms with E-state index in [1.807, 2.05) is 38.1 Å². The zero-order valence-corrected chi connectivity index (χ0v) is 21.4. The maximum absolute atomic E-state index is 13.4. The van der Waals surface area contributed by atoms with Gasteiger partial charge in [-0.25, -0.2) is 8.42 Å². The first-order valence-electron chi connectivity index (χ1n) is 10.3. The van der Waals surface area contributed by atoms with E-state index in [4.69, 9.17) is 0 Å². The quantitative estimate of drug-likeness (QED) is 0.545. The summed E-state index contributed by atoms with van der Waals surface area (Å²) >= 11 is 3.39. The molecule has 1 atom stereocenters. The summed E-state index contributed by atoms with van der Waals surface area (Å²) in [5.41, 5.74) is 1.99. The van der Waals surface area contributed by atoms with Gasteiger partial charge in [-0.1, -0.05) is 46.3 Å². The van der Waals surface area contributed by atoms with E-state index in [0.29, 0.717) is 5.69 Å². The molecule has 0 fully saturated rings. The highest BCUT2D eigenvalue weighted by molar-refractivity contribution is 9.10.